The molecule has 0 amide bonds. The molecule has 1 heterocycles. The normalized spacial score (nSPS) is 12.4. The van der Waals surface area contributed by atoms with E-state index in [4.69, 9.17) is 16.3 Å². The highest BCUT2D eigenvalue weighted by atomic mass is 79.9. The standard InChI is InChI=1S/C14H12Br2ClNO2/c1-3-11(19)7(2)20-14-10(16)6-9(15)8-4-5-12(17)18-13(8)14/h4-7H,3H2,1-2H3. The van der Waals surface area contributed by atoms with Crippen LogP contribution in [-0.2, 0) is 4.79 Å². The van der Waals surface area contributed by atoms with Crippen molar-refractivity contribution in [1.29, 1.82) is 0 Å². The summed E-state index contributed by atoms with van der Waals surface area (Å²) >= 11 is 12.9. The quantitative estimate of drug-likeness (QED) is 0.640. The van der Waals surface area contributed by atoms with Gasteiger partial charge < -0.3 is 4.74 Å². The van der Waals surface area contributed by atoms with Gasteiger partial charge in [-0.05, 0) is 41.1 Å². The van der Waals surface area contributed by atoms with Gasteiger partial charge in [0.15, 0.2) is 17.6 Å². The first-order chi connectivity index (χ1) is 9.43. The van der Waals surface area contributed by atoms with Crippen LogP contribution in [0.3, 0.4) is 0 Å². The Morgan fingerprint density at radius 1 is 1.40 bits per heavy atom. The minimum atomic E-state index is -0.526. The molecular formula is C14H12Br2ClNO2. The highest BCUT2D eigenvalue weighted by Crippen LogP contribution is 2.38. The van der Waals surface area contributed by atoms with E-state index in [9.17, 15) is 4.79 Å². The maximum atomic E-state index is 11.7. The Morgan fingerprint density at radius 3 is 2.75 bits per heavy atom. The molecule has 0 aliphatic rings. The molecule has 6 heteroatoms. The van der Waals surface area contributed by atoms with Crippen molar-refractivity contribution in [3.05, 3.63) is 32.3 Å². The van der Waals surface area contributed by atoms with Gasteiger partial charge in [-0.25, -0.2) is 4.98 Å². The zero-order chi connectivity index (χ0) is 14.9. The second kappa shape index (κ2) is 6.41. The summed E-state index contributed by atoms with van der Waals surface area (Å²) in [6, 6.07) is 5.45. The first kappa shape index (κ1) is 15.7. The molecule has 3 nitrogen and oxygen atoms in total. The third kappa shape index (κ3) is 3.15. The molecule has 1 unspecified atom stereocenters. The average molecular weight is 422 g/mol. The number of halogens is 3. The van der Waals surface area contributed by atoms with Gasteiger partial charge in [-0.3, -0.25) is 4.79 Å². The predicted octanol–water partition coefficient (Wildman–Crippen LogP) is 5.16. The summed E-state index contributed by atoms with van der Waals surface area (Å²) in [5.41, 5.74) is 0.620. The van der Waals surface area contributed by atoms with Crippen molar-refractivity contribution >= 4 is 60.1 Å². The zero-order valence-electron chi connectivity index (χ0n) is 10.9. The van der Waals surface area contributed by atoms with Gasteiger partial charge >= 0.3 is 0 Å². The Bertz CT molecular complexity index is 676. The van der Waals surface area contributed by atoms with Crippen molar-refractivity contribution in [3.63, 3.8) is 0 Å². The molecule has 0 saturated carbocycles. The van der Waals surface area contributed by atoms with Crippen molar-refractivity contribution in [3.8, 4) is 5.75 Å². The van der Waals surface area contributed by atoms with E-state index in [1.165, 1.54) is 0 Å². The summed E-state index contributed by atoms with van der Waals surface area (Å²) < 4.78 is 7.39. The first-order valence-electron chi connectivity index (χ1n) is 6.07. The maximum absolute atomic E-state index is 11.7. The second-order valence-corrected chi connectivity index (χ2v) is 6.38. The SMILES string of the molecule is CCC(=O)C(C)Oc1c(Br)cc(Br)c2ccc(Cl)nc12. The van der Waals surface area contributed by atoms with Crippen LogP contribution in [0.5, 0.6) is 5.75 Å². The fourth-order valence-electron chi connectivity index (χ4n) is 1.81. The van der Waals surface area contributed by atoms with Crippen LogP contribution in [0.2, 0.25) is 5.15 Å². The van der Waals surface area contributed by atoms with Crippen LogP contribution in [0.1, 0.15) is 20.3 Å². The molecule has 2 aromatic rings. The number of Topliss-reactive ketones (excluding diaryl/α,β-unsaturated/α-hetero) is 1. The fourth-order valence-corrected chi connectivity index (χ4v) is 3.32. The molecule has 2 rings (SSSR count). The third-order valence-electron chi connectivity index (χ3n) is 2.90. The van der Waals surface area contributed by atoms with Crippen LogP contribution in [0.4, 0.5) is 0 Å². The van der Waals surface area contributed by atoms with E-state index in [2.05, 4.69) is 36.8 Å². The molecule has 1 atom stereocenters. The fraction of sp³-hybridized carbons (Fsp3) is 0.286. The molecule has 0 fully saturated rings. The Labute approximate surface area is 138 Å². The Kier molecular flexibility index (Phi) is 5.04. The van der Waals surface area contributed by atoms with Gasteiger partial charge in [0.2, 0.25) is 0 Å². The van der Waals surface area contributed by atoms with Crippen molar-refractivity contribution < 1.29 is 9.53 Å². The Hall–Kier alpha value is -0.650. The smallest absolute Gasteiger partial charge is 0.172 e. The summed E-state index contributed by atoms with van der Waals surface area (Å²) in [5, 5.41) is 1.26. The van der Waals surface area contributed by atoms with Crippen LogP contribution < -0.4 is 4.74 Å². The van der Waals surface area contributed by atoms with E-state index in [1.807, 2.05) is 19.1 Å². The summed E-state index contributed by atoms with van der Waals surface area (Å²) in [5.74, 6) is 0.565. The molecule has 1 aromatic heterocycles. The Balaban J connectivity index is 2.57. The van der Waals surface area contributed by atoms with Gasteiger partial charge in [0.25, 0.3) is 0 Å². The monoisotopic (exact) mass is 419 g/mol. The van der Waals surface area contributed by atoms with Crippen LogP contribution >= 0.6 is 43.5 Å². The van der Waals surface area contributed by atoms with Gasteiger partial charge in [-0.1, -0.05) is 34.5 Å². The van der Waals surface area contributed by atoms with Crippen LogP contribution in [0, 0.1) is 0 Å². The molecule has 1 aromatic carbocycles. The van der Waals surface area contributed by atoms with Crippen LogP contribution in [-0.4, -0.2) is 16.9 Å². The van der Waals surface area contributed by atoms with Gasteiger partial charge in [-0.2, -0.15) is 0 Å². The second-order valence-electron chi connectivity index (χ2n) is 4.28. The van der Waals surface area contributed by atoms with E-state index >= 15 is 0 Å². The van der Waals surface area contributed by atoms with E-state index in [0.29, 0.717) is 22.8 Å². The zero-order valence-corrected chi connectivity index (χ0v) is 14.8. The van der Waals surface area contributed by atoms with Gasteiger partial charge in [-0.15, -0.1) is 0 Å². The van der Waals surface area contributed by atoms with Crippen LogP contribution in [0.15, 0.2) is 27.1 Å². The number of hydrogen-bond donors (Lipinski definition) is 0. The van der Waals surface area contributed by atoms with Gasteiger partial charge in [0.1, 0.15) is 10.7 Å². The molecule has 106 valence electrons. The van der Waals surface area contributed by atoms with Gasteiger partial charge in [0, 0.05) is 16.3 Å². The number of aromatic nitrogens is 1. The minimum Gasteiger partial charge on any atom is -0.479 e. The number of ketones is 1. The number of carbonyl (C=O) groups is 1. The highest BCUT2D eigenvalue weighted by molar-refractivity contribution is 9.11. The minimum absolute atomic E-state index is 0.0370. The maximum Gasteiger partial charge on any atom is 0.172 e. The lowest BCUT2D eigenvalue weighted by Gasteiger charge is -2.16. The third-order valence-corrected chi connectivity index (χ3v) is 4.36. The molecule has 0 aliphatic heterocycles. The number of pyridine rings is 1. The van der Waals surface area contributed by atoms with Crippen molar-refractivity contribution in [1.82, 2.24) is 4.98 Å². The summed E-state index contributed by atoms with van der Waals surface area (Å²) in [6.45, 7) is 3.54. The highest BCUT2D eigenvalue weighted by Gasteiger charge is 2.18. The van der Waals surface area contributed by atoms with Gasteiger partial charge in [0.05, 0.1) is 4.47 Å². The Morgan fingerprint density at radius 2 is 2.10 bits per heavy atom. The molecule has 0 saturated heterocycles. The van der Waals surface area contributed by atoms with E-state index in [0.717, 1.165) is 14.3 Å². The van der Waals surface area contributed by atoms with Crippen molar-refractivity contribution in [2.24, 2.45) is 0 Å². The molecule has 20 heavy (non-hydrogen) atoms. The predicted molar refractivity (Wildman–Crippen MR) is 87.5 cm³/mol. The first-order valence-corrected chi connectivity index (χ1v) is 8.04. The molecule has 0 radical (unpaired) electrons. The largest absolute Gasteiger partial charge is 0.479 e. The molecule has 0 N–H and O–H groups in total. The summed E-state index contributed by atoms with van der Waals surface area (Å²) in [7, 11) is 0. The number of ether oxygens (including phenoxy) is 1. The molecule has 0 aliphatic carbocycles. The molecule has 0 bridgehead atoms. The summed E-state index contributed by atoms with van der Waals surface area (Å²) in [6.07, 6.45) is -0.0945. The number of fused-ring (bicyclic) bond motifs is 1. The van der Waals surface area contributed by atoms with E-state index in [-0.39, 0.29) is 5.78 Å². The van der Waals surface area contributed by atoms with Crippen molar-refractivity contribution in [2.75, 3.05) is 0 Å². The summed E-state index contributed by atoms with van der Waals surface area (Å²) in [4.78, 5) is 16.0. The lowest BCUT2D eigenvalue weighted by molar-refractivity contribution is -0.124. The number of carbonyl (C=O) groups excluding carboxylic acids is 1. The lowest BCUT2D eigenvalue weighted by atomic mass is 10.2. The lowest BCUT2D eigenvalue weighted by Crippen LogP contribution is -2.23. The molecular weight excluding hydrogens is 409 g/mol. The number of benzene rings is 1. The average Bonchev–Trinajstić information content (AvgIpc) is 2.41. The number of nitrogens with zero attached hydrogens (tertiary/aromatic N) is 1. The van der Waals surface area contributed by atoms with E-state index in [1.54, 1.807) is 13.0 Å². The van der Waals surface area contributed by atoms with E-state index < -0.39 is 6.10 Å². The van der Waals surface area contributed by atoms with Crippen LogP contribution in [0.25, 0.3) is 10.9 Å². The number of rotatable bonds is 4. The van der Waals surface area contributed by atoms with Crippen molar-refractivity contribution in [2.45, 2.75) is 26.4 Å². The topological polar surface area (TPSA) is 39.2 Å². The molecule has 0 spiro atoms. The number of hydrogen-bond acceptors (Lipinski definition) is 3.